The minimum absolute atomic E-state index is 0.0989. The molecule has 2 heterocycles. The number of likely N-dealkylation sites (tertiary alicyclic amines) is 1. The van der Waals surface area contributed by atoms with Crippen LogP contribution in [-0.4, -0.2) is 61.3 Å². The quantitative estimate of drug-likeness (QED) is 0.785. The fraction of sp³-hybridized carbons (Fsp3) is 0.875. The van der Waals surface area contributed by atoms with Crippen LogP contribution in [0, 0.1) is 10.8 Å². The number of rotatable bonds is 3. The molecule has 0 aromatic rings. The topological polar surface area (TPSA) is 78.9 Å². The van der Waals surface area contributed by atoms with E-state index in [1.807, 2.05) is 0 Å². The molecule has 2 amide bonds. The molecule has 1 aliphatic carbocycles. The molecular formula is C16H26N2O4. The molecule has 2 saturated heterocycles. The summed E-state index contributed by atoms with van der Waals surface area (Å²) >= 11 is 0. The van der Waals surface area contributed by atoms with E-state index in [2.05, 4.69) is 5.32 Å². The Hall–Kier alpha value is -1.14. The van der Waals surface area contributed by atoms with E-state index in [9.17, 15) is 14.7 Å². The van der Waals surface area contributed by atoms with Crippen LogP contribution in [0.5, 0.6) is 0 Å². The first kappa shape index (κ1) is 15.7. The van der Waals surface area contributed by atoms with Crippen LogP contribution in [0.3, 0.4) is 0 Å². The van der Waals surface area contributed by atoms with Crippen LogP contribution in [0.15, 0.2) is 0 Å². The maximum atomic E-state index is 13.0. The van der Waals surface area contributed by atoms with E-state index < -0.39 is 16.9 Å². The number of hydrogen-bond acceptors (Lipinski definition) is 4. The molecule has 0 unspecified atom stereocenters. The van der Waals surface area contributed by atoms with E-state index in [1.54, 1.807) is 12.0 Å². The molecule has 0 bridgehead atoms. The van der Waals surface area contributed by atoms with Crippen LogP contribution in [0.2, 0.25) is 0 Å². The third-order valence-electron chi connectivity index (χ3n) is 5.79. The van der Waals surface area contributed by atoms with E-state index in [0.29, 0.717) is 39.1 Å². The van der Waals surface area contributed by atoms with Gasteiger partial charge >= 0.3 is 0 Å². The molecule has 124 valence electrons. The zero-order chi connectivity index (χ0) is 15.8. The first-order valence-electron chi connectivity index (χ1n) is 8.29. The molecule has 2 atom stereocenters. The summed E-state index contributed by atoms with van der Waals surface area (Å²) in [5.74, 6) is 0.00315. The van der Waals surface area contributed by atoms with Crippen molar-refractivity contribution in [1.29, 1.82) is 0 Å². The van der Waals surface area contributed by atoms with Gasteiger partial charge in [0.25, 0.3) is 0 Å². The normalized spacial score (nSPS) is 34.2. The van der Waals surface area contributed by atoms with Crippen molar-refractivity contribution >= 4 is 11.8 Å². The number of methoxy groups -OCH3 is 1. The van der Waals surface area contributed by atoms with Gasteiger partial charge in [0.2, 0.25) is 11.8 Å². The molecule has 22 heavy (non-hydrogen) atoms. The molecule has 3 fully saturated rings. The van der Waals surface area contributed by atoms with E-state index in [4.69, 9.17) is 4.74 Å². The van der Waals surface area contributed by atoms with Crippen LogP contribution in [0.25, 0.3) is 0 Å². The average Bonchev–Trinajstić information content (AvgIpc) is 2.48. The number of nitrogens with zero attached hydrogens (tertiary/aromatic N) is 1. The highest BCUT2D eigenvalue weighted by molar-refractivity contribution is 5.88. The van der Waals surface area contributed by atoms with Crippen LogP contribution < -0.4 is 5.32 Å². The van der Waals surface area contributed by atoms with Gasteiger partial charge in [-0.1, -0.05) is 6.42 Å². The third kappa shape index (κ3) is 2.33. The number of aliphatic hydroxyl groups is 1. The van der Waals surface area contributed by atoms with Crippen molar-refractivity contribution in [2.45, 2.75) is 44.6 Å². The number of aliphatic hydroxyl groups excluding tert-OH is 1. The summed E-state index contributed by atoms with van der Waals surface area (Å²) in [4.78, 5) is 27.1. The molecule has 2 N–H and O–H groups in total. The van der Waals surface area contributed by atoms with Gasteiger partial charge in [0.15, 0.2) is 0 Å². The third-order valence-corrected chi connectivity index (χ3v) is 5.79. The maximum absolute atomic E-state index is 13.0. The zero-order valence-electron chi connectivity index (χ0n) is 13.3. The number of piperidine rings is 2. The first-order valence-corrected chi connectivity index (χ1v) is 8.29. The number of nitrogens with one attached hydrogen (secondary N) is 1. The molecule has 1 saturated carbocycles. The lowest BCUT2D eigenvalue weighted by Gasteiger charge is -2.50. The molecule has 1 spiro atoms. The van der Waals surface area contributed by atoms with Gasteiger partial charge in [0.1, 0.15) is 0 Å². The standard InChI is InChI=1S/C16H26N2O4/c1-22-11-15(5-2-6-15)14(21)18-9-4-12(19)16(10-18)7-3-8-17-13(16)20/h12,19H,2-11H2,1H3,(H,17,20)/t12-,16-/m1/s1. The highest BCUT2D eigenvalue weighted by Gasteiger charge is 2.54. The Labute approximate surface area is 131 Å². The first-order chi connectivity index (χ1) is 10.5. The molecule has 0 aromatic heterocycles. The Morgan fingerprint density at radius 2 is 2.18 bits per heavy atom. The molecule has 3 aliphatic rings. The summed E-state index contributed by atoms with van der Waals surface area (Å²) in [6.07, 6.45) is 4.10. The van der Waals surface area contributed by atoms with Gasteiger partial charge in [0.05, 0.1) is 23.5 Å². The van der Waals surface area contributed by atoms with Crippen molar-refractivity contribution in [2.75, 3.05) is 33.4 Å². The molecular weight excluding hydrogens is 284 g/mol. The fourth-order valence-corrected chi connectivity index (χ4v) is 4.25. The Morgan fingerprint density at radius 1 is 1.41 bits per heavy atom. The minimum atomic E-state index is -0.815. The molecule has 3 rings (SSSR count). The van der Waals surface area contributed by atoms with Crippen molar-refractivity contribution in [3.63, 3.8) is 0 Å². The van der Waals surface area contributed by atoms with Gasteiger partial charge in [-0.15, -0.1) is 0 Å². The Kier molecular flexibility index (Phi) is 4.16. The fourth-order valence-electron chi connectivity index (χ4n) is 4.25. The molecule has 0 radical (unpaired) electrons. The van der Waals surface area contributed by atoms with Gasteiger partial charge in [-0.25, -0.2) is 0 Å². The van der Waals surface area contributed by atoms with Gasteiger partial charge in [-0.2, -0.15) is 0 Å². The van der Waals surface area contributed by atoms with Crippen molar-refractivity contribution in [3.8, 4) is 0 Å². The lowest BCUT2D eigenvalue weighted by Crippen LogP contribution is -2.64. The lowest BCUT2D eigenvalue weighted by atomic mass is 9.66. The van der Waals surface area contributed by atoms with Gasteiger partial charge < -0.3 is 20.1 Å². The van der Waals surface area contributed by atoms with E-state index in [0.717, 1.165) is 25.7 Å². The second-order valence-corrected chi connectivity index (χ2v) is 7.11. The van der Waals surface area contributed by atoms with E-state index in [1.165, 1.54) is 0 Å². The lowest BCUT2D eigenvalue weighted by molar-refractivity contribution is -0.165. The highest BCUT2D eigenvalue weighted by atomic mass is 16.5. The Balaban J connectivity index is 1.78. The monoisotopic (exact) mass is 310 g/mol. The molecule has 2 aliphatic heterocycles. The second-order valence-electron chi connectivity index (χ2n) is 7.11. The smallest absolute Gasteiger partial charge is 0.231 e. The number of carbonyl (C=O) groups excluding carboxylic acids is 2. The predicted octanol–water partition coefficient (Wildman–Crippen LogP) is 0.293. The minimum Gasteiger partial charge on any atom is -0.392 e. The molecule has 6 nitrogen and oxygen atoms in total. The van der Waals surface area contributed by atoms with Gasteiger partial charge in [-0.05, 0) is 32.1 Å². The summed E-state index contributed by atoms with van der Waals surface area (Å²) in [7, 11) is 1.63. The van der Waals surface area contributed by atoms with Gasteiger partial charge in [0, 0.05) is 26.7 Å². The van der Waals surface area contributed by atoms with Crippen molar-refractivity contribution < 1.29 is 19.4 Å². The van der Waals surface area contributed by atoms with Crippen LogP contribution in [0.4, 0.5) is 0 Å². The van der Waals surface area contributed by atoms with Crippen LogP contribution in [-0.2, 0) is 14.3 Å². The zero-order valence-corrected chi connectivity index (χ0v) is 13.3. The highest BCUT2D eigenvalue weighted by Crippen LogP contribution is 2.45. The van der Waals surface area contributed by atoms with Crippen molar-refractivity contribution in [3.05, 3.63) is 0 Å². The van der Waals surface area contributed by atoms with Crippen LogP contribution in [0.1, 0.15) is 38.5 Å². The van der Waals surface area contributed by atoms with Crippen molar-refractivity contribution in [1.82, 2.24) is 10.2 Å². The largest absolute Gasteiger partial charge is 0.392 e. The second kappa shape index (κ2) is 5.81. The average molecular weight is 310 g/mol. The maximum Gasteiger partial charge on any atom is 0.231 e. The summed E-state index contributed by atoms with van der Waals surface area (Å²) in [5, 5.41) is 13.3. The summed E-state index contributed by atoms with van der Waals surface area (Å²) in [5.41, 5.74) is -1.21. The number of hydrogen-bond donors (Lipinski definition) is 2. The number of ether oxygens (including phenoxy) is 1. The SMILES string of the molecule is COCC1(C(=O)N2CC[C@@H](O)[C@@]3(CCCNC3=O)C2)CCC1. The van der Waals surface area contributed by atoms with E-state index in [-0.39, 0.29) is 11.8 Å². The summed E-state index contributed by atoms with van der Waals surface area (Å²) in [6, 6.07) is 0. The molecule has 6 heteroatoms. The van der Waals surface area contributed by atoms with E-state index >= 15 is 0 Å². The van der Waals surface area contributed by atoms with Gasteiger partial charge in [-0.3, -0.25) is 9.59 Å². The number of amides is 2. The van der Waals surface area contributed by atoms with Crippen LogP contribution >= 0.6 is 0 Å². The summed E-state index contributed by atoms with van der Waals surface area (Å²) < 4.78 is 5.26. The molecule has 0 aromatic carbocycles. The predicted molar refractivity (Wildman–Crippen MR) is 80.0 cm³/mol. The Morgan fingerprint density at radius 3 is 2.77 bits per heavy atom. The number of carbonyl (C=O) groups is 2. The Bertz CT molecular complexity index is 463. The summed E-state index contributed by atoms with van der Waals surface area (Å²) in [6.45, 7) is 1.98. The van der Waals surface area contributed by atoms with Crippen molar-refractivity contribution in [2.24, 2.45) is 10.8 Å².